The molecule has 4 heteroatoms. The quantitative estimate of drug-likeness (QED) is 0.758. The van der Waals surface area contributed by atoms with E-state index in [1.807, 2.05) is 6.92 Å². The zero-order chi connectivity index (χ0) is 12.9. The highest BCUT2D eigenvalue weighted by molar-refractivity contribution is 5.77. The van der Waals surface area contributed by atoms with Crippen molar-refractivity contribution >= 4 is 11.9 Å². The van der Waals surface area contributed by atoms with Crippen LogP contribution < -0.4 is 5.32 Å². The number of carbonyl (C=O) groups excluding carboxylic acids is 1. The van der Waals surface area contributed by atoms with Crippen LogP contribution in [-0.2, 0) is 9.59 Å². The van der Waals surface area contributed by atoms with E-state index >= 15 is 0 Å². The van der Waals surface area contributed by atoms with Crippen molar-refractivity contribution in [2.45, 2.75) is 53.5 Å². The third-order valence-corrected chi connectivity index (χ3v) is 2.73. The highest BCUT2D eigenvalue weighted by Crippen LogP contribution is 2.19. The topological polar surface area (TPSA) is 66.4 Å². The standard InChI is InChI=1S/C12H23NO3/c1-8(7-11(15)16)6-10(14)13-9(2)12(3,4)5/h8-9H,6-7H2,1-5H3,(H,13,14)(H,15,16). The van der Waals surface area contributed by atoms with Gasteiger partial charge < -0.3 is 10.4 Å². The number of amides is 1. The third-order valence-electron chi connectivity index (χ3n) is 2.73. The summed E-state index contributed by atoms with van der Waals surface area (Å²) in [6.07, 6.45) is 0.310. The maximum Gasteiger partial charge on any atom is 0.303 e. The fourth-order valence-electron chi connectivity index (χ4n) is 1.20. The molecule has 0 fully saturated rings. The van der Waals surface area contributed by atoms with Gasteiger partial charge >= 0.3 is 5.97 Å². The molecule has 4 nitrogen and oxygen atoms in total. The molecular weight excluding hydrogens is 206 g/mol. The molecule has 0 aromatic carbocycles. The van der Waals surface area contributed by atoms with Gasteiger partial charge in [-0.25, -0.2) is 0 Å². The normalized spacial score (nSPS) is 15.3. The lowest BCUT2D eigenvalue weighted by Crippen LogP contribution is -2.41. The average Bonchev–Trinajstić information content (AvgIpc) is 1.98. The molecule has 2 unspecified atom stereocenters. The Morgan fingerprint density at radius 2 is 1.69 bits per heavy atom. The molecular formula is C12H23NO3. The number of aliphatic carboxylic acids is 1. The first-order valence-electron chi connectivity index (χ1n) is 5.64. The zero-order valence-corrected chi connectivity index (χ0v) is 10.8. The van der Waals surface area contributed by atoms with Gasteiger partial charge in [0.25, 0.3) is 0 Å². The molecule has 0 aromatic heterocycles. The highest BCUT2D eigenvalue weighted by Gasteiger charge is 2.22. The van der Waals surface area contributed by atoms with Crippen LogP contribution in [0.4, 0.5) is 0 Å². The van der Waals surface area contributed by atoms with E-state index in [9.17, 15) is 9.59 Å². The molecule has 0 saturated heterocycles. The zero-order valence-electron chi connectivity index (χ0n) is 10.8. The van der Waals surface area contributed by atoms with E-state index in [-0.39, 0.29) is 36.1 Å². The Kier molecular flexibility index (Phi) is 5.48. The molecule has 0 aliphatic rings. The Bertz CT molecular complexity index is 255. The summed E-state index contributed by atoms with van der Waals surface area (Å²) in [5, 5.41) is 11.5. The van der Waals surface area contributed by atoms with Crippen molar-refractivity contribution < 1.29 is 14.7 Å². The van der Waals surface area contributed by atoms with E-state index in [0.717, 1.165) is 0 Å². The largest absolute Gasteiger partial charge is 0.481 e. The van der Waals surface area contributed by atoms with E-state index < -0.39 is 5.97 Å². The first-order chi connectivity index (χ1) is 7.12. The van der Waals surface area contributed by atoms with Crippen molar-refractivity contribution in [2.24, 2.45) is 11.3 Å². The Morgan fingerprint density at radius 3 is 2.06 bits per heavy atom. The smallest absolute Gasteiger partial charge is 0.303 e. The predicted molar refractivity (Wildman–Crippen MR) is 63.1 cm³/mol. The van der Waals surface area contributed by atoms with Crippen molar-refractivity contribution in [3.8, 4) is 0 Å². The number of carbonyl (C=O) groups is 2. The molecule has 0 aliphatic heterocycles. The van der Waals surface area contributed by atoms with Crippen LogP contribution in [0.1, 0.15) is 47.5 Å². The Morgan fingerprint density at radius 1 is 1.19 bits per heavy atom. The first-order valence-corrected chi connectivity index (χ1v) is 5.64. The van der Waals surface area contributed by atoms with Crippen LogP contribution in [-0.4, -0.2) is 23.0 Å². The van der Waals surface area contributed by atoms with Gasteiger partial charge in [0.15, 0.2) is 0 Å². The molecule has 0 aliphatic carbocycles. The minimum Gasteiger partial charge on any atom is -0.481 e. The number of carboxylic acid groups (broad SMARTS) is 1. The maximum absolute atomic E-state index is 11.6. The molecule has 0 radical (unpaired) electrons. The van der Waals surface area contributed by atoms with Crippen molar-refractivity contribution in [3.63, 3.8) is 0 Å². The second-order valence-corrected chi connectivity index (χ2v) is 5.56. The fourth-order valence-corrected chi connectivity index (χ4v) is 1.20. The summed E-state index contributed by atoms with van der Waals surface area (Å²) in [5.74, 6) is -1.05. The van der Waals surface area contributed by atoms with Gasteiger partial charge in [-0.05, 0) is 18.3 Å². The first kappa shape index (κ1) is 14.9. The van der Waals surface area contributed by atoms with Gasteiger partial charge in [0, 0.05) is 18.9 Å². The van der Waals surface area contributed by atoms with Crippen LogP contribution in [0.2, 0.25) is 0 Å². The Labute approximate surface area is 97.4 Å². The van der Waals surface area contributed by atoms with E-state index in [4.69, 9.17) is 5.11 Å². The maximum atomic E-state index is 11.6. The monoisotopic (exact) mass is 229 g/mol. The number of nitrogens with one attached hydrogen (secondary N) is 1. The van der Waals surface area contributed by atoms with Gasteiger partial charge in [0.05, 0.1) is 0 Å². The molecule has 0 rings (SSSR count). The van der Waals surface area contributed by atoms with Crippen molar-refractivity contribution in [1.82, 2.24) is 5.32 Å². The predicted octanol–water partition coefficient (Wildman–Crippen LogP) is 2.04. The molecule has 2 N–H and O–H groups in total. The second kappa shape index (κ2) is 5.87. The SMILES string of the molecule is CC(CC(=O)O)CC(=O)NC(C)C(C)(C)C. The summed E-state index contributed by atoms with van der Waals surface area (Å²) < 4.78 is 0. The number of hydrogen-bond acceptors (Lipinski definition) is 2. The van der Waals surface area contributed by atoms with E-state index in [1.54, 1.807) is 6.92 Å². The molecule has 0 bridgehead atoms. The van der Waals surface area contributed by atoms with E-state index in [2.05, 4.69) is 26.1 Å². The average molecular weight is 229 g/mol. The highest BCUT2D eigenvalue weighted by atomic mass is 16.4. The molecule has 1 amide bonds. The molecule has 16 heavy (non-hydrogen) atoms. The van der Waals surface area contributed by atoms with Crippen LogP contribution in [0.3, 0.4) is 0 Å². The number of rotatable bonds is 5. The Hall–Kier alpha value is -1.06. The van der Waals surface area contributed by atoms with Crippen molar-refractivity contribution in [2.75, 3.05) is 0 Å². The summed E-state index contributed by atoms with van der Waals surface area (Å²) in [7, 11) is 0. The lowest BCUT2D eigenvalue weighted by Gasteiger charge is -2.28. The third kappa shape index (κ3) is 6.43. The van der Waals surface area contributed by atoms with E-state index in [0.29, 0.717) is 0 Å². The van der Waals surface area contributed by atoms with Crippen LogP contribution in [0, 0.1) is 11.3 Å². The van der Waals surface area contributed by atoms with Crippen molar-refractivity contribution in [3.05, 3.63) is 0 Å². The molecule has 0 aromatic rings. The molecule has 2 atom stereocenters. The van der Waals surface area contributed by atoms with Gasteiger partial charge in [0.2, 0.25) is 5.91 Å². The van der Waals surface area contributed by atoms with Gasteiger partial charge in [0.1, 0.15) is 0 Å². The van der Waals surface area contributed by atoms with E-state index in [1.165, 1.54) is 0 Å². The van der Waals surface area contributed by atoms with Crippen LogP contribution >= 0.6 is 0 Å². The summed E-state index contributed by atoms with van der Waals surface area (Å²) >= 11 is 0. The lowest BCUT2D eigenvalue weighted by molar-refractivity contribution is -0.138. The number of carboxylic acids is 1. The van der Waals surface area contributed by atoms with Crippen LogP contribution in [0.25, 0.3) is 0 Å². The van der Waals surface area contributed by atoms with Gasteiger partial charge in [-0.2, -0.15) is 0 Å². The molecule has 0 heterocycles. The van der Waals surface area contributed by atoms with Gasteiger partial charge in [-0.3, -0.25) is 9.59 Å². The van der Waals surface area contributed by atoms with Gasteiger partial charge in [-0.1, -0.05) is 27.7 Å². The fraction of sp³-hybridized carbons (Fsp3) is 0.833. The lowest BCUT2D eigenvalue weighted by atomic mass is 9.88. The number of hydrogen-bond donors (Lipinski definition) is 2. The second-order valence-electron chi connectivity index (χ2n) is 5.56. The summed E-state index contributed by atoms with van der Waals surface area (Å²) in [6.45, 7) is 9.89. The van der Waals surface area contributed by atoms with Crippen LogP contribution in [0.5, 0.6) is 0 Å². The summed E-state index contributed by atoms with van der Waals surface area (Å²) in [4.78, 5) is 22.0. The Balaban J connectivity index is 4.04. The van der Waals surface area contributed by atoms with Crippen molar-refractivity contribution in [1.29, 1.82) is 0 Å². The molecule has 0 saturated carbocycles. The molecule has 0 spiro atoms. The molecule has 94 valence electrons. The van der Waals surface area contributed by atoms with Gasteiger partial charge in [-0.15, -0.1) is 0 Å². The minimum absolute atomic E-state index is 0.0195. The summed E-state index contributed by atoms with van der Waals surface area (Å²) in [5.41, 5.74) is 0.0195. The summed E-state index contributed by atoms with van der Waals surface area (Å²) in [6, 6.07) is 0.0806. The van der Waals surface area contributed by atoms with Crippen LogP contribution in [0.15, 0.2) is 0 Å². The minimum atomic E-state index is -0.857.